The third-order valence-corrected chi connectivity index (χ3v) is 3.35. The number of rotatable bonds is 5. The number of hydrogen-bond donors (Lipinski definition) is 0. The molecule has 0 saturated heterocycles. The number of pyridine rings is 1. The monoisotopic (exact) mass is 270 g/mol. The van der Waals surface area contributed by atoms with Crippen LogP contribution in [0.15, 0.2) is 42.7 Å². The van der Waals surface area contributed by atoms with E-state index in [1.807, 2.05) is 30.3 Å². The summed E-state index contributed by atoms with van der Waals surface area (Å²) in [6.45, 7) is 0.325. The van der Waals surface area contributed by atoms with E-state index in [2.05, 4.69) is 4.98 Å². The number of benzene rings is 1. The summed E-state index contributed by atoms with van der Waals surface area (Å²) >= 11 is 0. The Kier molecular flexibility index (Phi) is 3.33. The molecule has 0 spiro atoms. The SMILES string of the molecule is O=[N+]([O-])c1cncc(C2CC2)c1OCc1ccccc1. The zero-order chi connectivity index (χ0) is 13.9. The van der Waals surface area contributed by atoms with Crippen molar-refractivity contribution in [1.29, 1.82) is 0 Å². The van der Waals surface area contributed by atoms with E-state index >= 15 is 0 Å². The van der Waals surface area contributed by atoms with E-state index in [1.165, 1.54) is 6.20 Å². The van der Waals surface area contributed by atoms with Gasteiger partial charge >= 0.3 is 5.69 Å². The lowest BCUT2D eigenvalue weighted by Gasteiger charge is -2.10. The molecular weight excluding hydrogens is 256 g/mol. The molecule has 5 nitrogen and oxygen atoms in total. The third kappa shape index (κ3) is 2.61. The van der Waals surface area contributed by atoms with Gasteiger partial charge < -0.3 is 4.74 Å². The van der Waals surface area contributed by atoms with Gasteiger partial charge in [0.2, 0.25) is 5.75 Å². The molecule has 0 bridgehead atoms. The van der Waals surface area contributed by atoms with E-state index in [4.69, 9.17) is 4.74 Å². The van der Waals surface area contributed by atoms with Crippen LogP contribution < -0.4 is 4.74 Å². The van der Waals surface area contributed by atoms with Gasteiger partial charge in [0.15, 0.2) is 0 Å². The highest BCUT2D eigenvalue weighted by Crippen LogP contribution is 2.46. The fourth-order valence-corrected chi connectivity index (χ4v) is 2.16. The quantitative estimate of drug-likeness (QED) is 0.616. The molecule has 1 aliphatic carbocycles. The molecule has 0 amide bonds. The molecule has 102 valence electrons. The third-order valence-electron chi connectivity index (χ3n) is 3.35. The Morgan fingerprint density at radius 1 is 1.25 bits per heavy atom. The highest BCUT2D eigenvalue weighted by molar-refractivity contribution is 5.51. The van der Waals surface area contributed by atoms with Crippen LogP contribution >= 0.6 is 0 Å². The van der Waals surface area contributed by atoms with Gasteiger partial charge in [0.1, 0.15) is 12.8 Å². The van der Waals surface area contributed by atoms with Gasteiger partial charge in [-0.15, -0.1) is 0 Å². The molecule has 1 fully saturated rings. The molecule has 0 unspecified atom stereocenters. The van der Waals surface area contributed by atoms with E-state index in [0.717, 1.165) is 24.0 Å². The van der Waals surface area contributed by atoms with E-state index in [-0.39, 0.29) is 5.69 Å². The van der Waals surface area contributed by atoms with Crippen LogP contribution in [0.4, 0.5) is 5.69 Å². The molecule has 2 aromatic rings. The Morgan fingerprint density at radius 3 is 2.65 bits per heavy atom. The van der Waals surface area contributed by atoms with Crippen LogP contribution in [0.25, 0.3) is 0 Å². The highest BCUT2D eigenvalue weighted by atomic mass is 16.6. The molecule has 1 saturated carbocycles. The first-order chi connectivity index (χ1) is 9.75. The predicted molar refractivity (Wildman–Crippen MR) is 73.6 cm³/mol. The second kappa shape index (κ2) is 5.28. The Hall–Kier alpha value is -2.43. The number of aromatic nitrogens is 1. The topological polar surface area (TPSA) is 65.3 Å². The Labute approximate surface area is 116 Å². The summed E-state index contributed by atoms with van der Waals surface area (Å²) in [6.07, 6.45) is 5.03. The molecule has 1 heterocycles. The minimum absolute atomic E-state index is 0.0506. The van der Waals surface area contributed by atoms with E-state index in [1.54, 1.807) is 6.20 Å². The summed E-state index contributed by atoms with van der Waals surface area (Å²) in [7, 11) is 0. The van der Waals surface area contributed by atoms with Gasteiger partial charge in [-0.1, -0.05) is 30.3 Å². The fraction of sp³-hybridized carbons (Fsp3) is 0.267. The summed E-state index contributed by atoms with van der Waals surface area (Å²) < 4.78 is 5.74. The number of nitro groups is 1. The van der Waals surface area contributed by atoms with Gasteiger partial charge in [0, 0.05) is 11.8 Å². The lowest BCUT2D eigenvalue weighted by Crippen LogP contribution is -2.02. The number of ether oxygens (including phenoxy) is 1. The van der Waals surface area contributed by atoms with Gasteiger partial charge in [-0.3, -0.25) is 15.1 Å². The molecule has 1 aromatic carbocycles. The molecule has 3 rings (SSSR count). The molecular formula is C15H14N2O3. The van der Waals surface area contributed by atoms with Crippen molar-refractivity contribution in [2.75, 3.05) is 0 Å². The van der Waals surface area contributed by atoms with Crippen molar-refractivity contribution in [2.45, 2.75) is 25.4 Å². The standard InChI is InChI=1S/C15H14N2O3/c18-17(19)14-9-16-8-13(12-6-7-12)15(14)20-10-11-4-2-1-3-5-11/h1-5,8-9,12H,6-7,10H2. The van der Waals surface area contributed by atoms with Crippen LogP contribution in [0.5, 0.6) is 5.75 Å². The maximum atomic E-state index is 11.1. The normalized spacial score (nSPS) is 14.0. The van der Waals surface area contributed by atoms with Crippen molar-refractivity contribution in [1.82, 2.24) is 4.98 Å². The van der Waals surface area contributed by atoms with Crippen molar-refractivity contribution in [3.63, 3.8) is 0 Å². The van der Waals surface area contributed by atoms with Crippen LogP contribution in [-0.2, 0) is 6.61 Å². The van der Waals surface area contributed by atoms with E-state index in [0.29, 0.717) is 18.3 Å². The van der Waals surface area contributed by atoms with Crippen LogP contribution in [0, 0.1) is 10.1 Å². The largest absolute Gasteiger partial charge is 0.482 e. The van der Waals surface area contributed by atoms with Gasteiger partial charge in [-0.05, 0) is 24.3 Å². The van der Waals surface area contributed by atoms with Crippen LogP contribution in [-0.4, -0.2) is 9.91 Å². The van der Waals surface area contributed by atoms with Crippen molar-refractivity contribution in [2.24, 2.45) is 0 Å². The van der Waals surface area contributed by atoms with Crippen LogP contribution in [0.1, 0.15) is 29.9 Å². The maximum Gasteiger partial charge on any atom is 0.329 e. The zero-order valence-electron chi connectivity index (χ0n) is 10.9. The average Bonchev–Trinajstić information content (AvgIpc) is 3.30. The Bertz CT molecular complexity index is 624. The number of nitrogens with zero attached hydrogens (tertiary/aromatic N) is 2. The van der Waals surface area contributed by atoms with Crippen molar-refractivity contribution >= 4 is 5.69 Å². The first kappa shape index (κ1) is 12.6. The second-order valence-electron chi connectivity index (χ2n) is 4.88. The molecule has 5 heteroatoms. The summed E-state index contributed by atoms with van der Waals surface area (Å²) in [4.78, 5) is 14.6. The minimum Gasteiger partial charge on any atom is -0.482 e. The maximum absolute atomic E-state index is 11.1. The minimum atomic E-state index is -0.431. The molecule has 0 N–H and O–H groups in total. The first-order valence-electron chi connectivity index (χ1n) is 6.54. The van der Waals surface area contributed by atoms with Crippen molar-refractivity contribution in [3.8, 4) is 5.75 Å². The van der Waals surface area contributed by atoms with Crippen LogP contribution in [0.2, 0.25) is 0 Å². The summed E-state index contributed by atoms with van der Waals surface area (Å²) in [5, 5.41) is 11.1. The fourth-order valence-electron chi connectivity index (χ4n) is 2.16. The Morgan fingerprint density at radius 2 is 2.00 bits per heavy atom. The molecule has 20 heavy (non-hydrogen) atoms. The van der Waals surface area contributed by atoms with E-state index < -0.39 is 4.92 Å². The zero-order valence-corrected chi connectivity index (χ0v) is 10.9. The predicted octanol–water partition coefficient (Wildman–Crippen LogP) is 3.45. The first-order valence-corrected chi connectivity index (χ1v) is 6.54. The highest BCUT2D eigenvalue weighted by Gasteiger charge is 2.31. The lowest BCUT2D eigenvalue weighted by molar-refractivity contribution is -0.386. The van der Waals surface area contributed by atoms with Gasteiger partial charge in [-0.25, -0.2) is 0 Å². The summed E-state index contributed by atoms with van der Waals surface area (Å²) in [6, 6.07) is 9.63. The molecule has 1 aromatic heterocycles. The average molecular weight is 270 g/mol. The van der Waals surface area contributed by atoms with Crippen LogP contribution in [0.3, 0.4) is 0 Å². The smallest absolute Gasteiger partial charge is 0.329 e. The van der Waals surface area contributed by atoms with Crippen molar-refractivity contribution in [3.05, 3.63) is 64.0 Å². The number of hydrogen-bond acceptors (Lipinski definition) is 4. The van der Waals surface area contributed by atoms with Gasteiger partial charge in [-0.2, -0.15) is 0 Å². The van der Waals surface area contributed by atoms with Crippen molar-refractivity contribution < 1.29 is 9.66 Å². The van der Waals surface area contributed by atoms with E-state index in [9.17, 15) is 10.1 Å². The van der Waals surface area contributed by atoms with Gasteiger partial charge in [0.25, 0.3) is 0 Å². The molecule has 0 atom stereocenters. The molecule has 0 aliphatic heterocycles. The Balaban J connectivity index is 1.88. The summed E-state index contributed by atoms with van der Waals surface area (Å²) in [5.74, 6) is 0.726. The second-order valence-corrected chi connectivity index (χ2v) is 4.88. The molecule has 1 aliphatic rings. The molecule has 0 radical (unpaired) electrons. The lowest BCUT2D eigenvalue weighted by atomic mass is 10.1. The van der Waals surface area contributed by atoms with Gasteiger partial charge in [0.05, 0.1) is 4.92 Å². The summed E-state index contributed by atoms with van der Waals surface area (Å²) in [5.41, 5.74) is 1.79.